The molecule has 0 amide bonds. The first kappa shape index (κ1) is 21.9. The summed E-state index contributed by atoms with van der Waals surface area (Å²) in [7, 11) is 1.69. The number of fused-ring (bicyclic) bond motifs is 1. The summed E-state index contributed by atoms with van der Waals surface area (Å²) in [5.74, 6) is 1.65. The molecular weight excluding hydrogens is 463 g/mol. The molecule has 0 atom stereocenters. The van der Waals surface area contributed by atoms with Gasteiger partial charge in [-0.05, 0) is 43.2 Å². The minimum absolute atomic E-state index is 0. The van der Waals surface area contributed by atoms with Crippen LogP contribution >= 0.6 is 24.0 Å². The minimum Gasteiger partial charge on any atom is -0.496 e. The van der Waals surface area contributed by atoms with Crippen LogP contribution in [0.1, 0.15) is 23.6 Å². The van der Waals surface area contributed by atoms with E-state index in [1.54, 1.807) is 7.11 Å². The molecule has 0 aliphatic heterocycles. The van der Waals surface area contributed by atoms with Gasteiger partial charge in [-0.15, -0.1) is 24.0 Å². The second kappa shape index (κ2) is 10.8. The topological polar surface area (TPSA) is 58.5 Å². The lowest BCUT2D eigenvalue weighted by Crippen LogP contribution is -2.36. The van der Waals surface area contributed by atoms with Crippen LogP contribution in [-0.2, 0) is 13.1 Å². The van der Waals surface area contributed by atoms with Gasteiger partial charge in [-0.2, -0.15) is 0 Å². The highest BCUT2D eigenvalue weighted by Crippen LogP contribution is 2.20. The van der Waals surface area contributed by atoms with Gasteiger partial charge in [-0.25, -0.2) is 4.99 Å². The Morgan fingerprint density at radius 2 is 1.89 bits per heavy atom. The maximum absolute atomic E-state index is 5.48. The van der Waals surface area contributed by atoms with Gasteiger partial charge in [-0.3, -0.25) is 4.98 Å². The Labute approximate surface area is 183 Å². The number of hydrogen-bond acceptors (Lipinski definition) is 3. The van der Waals surface area contributed by atoms with E-state index < -0.39 is 0 Å². The summed E-state index contributed by atoms with van der Waals surface area (Å²) in [5.41, 5.74) is 4.44. The number of hydrogen-bond donors (Lipinski definition) is 2. The molecule has 5 nitrogen and oxygen atoms in total. The number of halogens is 1. The van der Waals surface area contributed by atoms with Gasteiger partial charge in [-0.1, -0.05) is 30.3 Å². The predicted molar refractivity (Wildman–Crippen MR) is 127 cm³/mol. The highest BCUT2D eigenvalue weighted by molar-refractivity contribution is 14.0. The lowest BCUT2D eigenvalue weighted by Gasteiger charge is -2.13. The van der Waals surface area contributed by atoms with Gasteiger partial charge in [0, 0.05) is 30.2 Å². The van der Waals surface area contributed by atoms with Crippen molar-refractivity contribution in [2.45, 2.75) is 26.9 Å². The number of aromatic nitrogens is 1. The first-order valence-corrected chi connectivity index (χ1v) is 9.19. The second-order valence-corrected chi connectivity index (χ2v) is 6.35. The molecule has 0 saturated heterocycles. The van der Waals surface area contributed by atoms with Crippen LogP contribution in [0.5, 0.6) is 5.75 Å². The summed E-state index contributed by atoms with van der Waals surface area (Å²) in [6.45, 7) is 6.15. The van der Waals surface area contributed by atoms with E-state index in [0.29, 0.717) is 13.1 Å². The fourth-order valence-corrected chi connectivity index (χ4v) is 2.98. The highest BCUT2D eigenvalue weighted by atomic mass is 127. The standard InChI is InChI=1S/C22H26N4O.HI/c1-4-23-22(26-15-18-10-9-16(2)13-21(18)27-3)25-14-17-11-12-24-20-8-6-5-7-19(17)20;/h5-13H,4,14-15H2,1-3H3,(H2,23,25,26);1H. The van der Waals surface area contributed by atoms with Crippen LogP contribution in [0.2, 0.25) is 0 Å². The number of rotatable bonds is 6. The van der Waals surface area contributed by atoms with Crippen LogP contribution in [0.25, 0.3) is 10.9 Å². The van der Waals surface area contributed by atoms with E-state index in [4.69, 9.17) is 9.73 Å². The number of nitrogens with one attached hydrogen (secondary N) is 2. The van der Waals surface area contributed by atoms with Crippen molar-refractivity contribution in [2.24, 2.45) is 4.99 Å². The number of aryl methyl sites for hydroxylation is 1. The normalized spacial score (nSPS) is 11.0. The molecule has 0 fully saturated rings. The first-order valence-electron chi connectivity index (χ1n) is 9.19. The van der Waals surface area contributed by atoms with Crippen molar-refractivity contribution in [1.29, 1.82) is 0 Å². The van der Waals surface area contributed by atoms with E-state index in [2.05, 4.69) is 47.7 Å². The fourth-order valence-electron chi connectivity index (χ4n) is 2.98. The summed E-state index contributed by atoms with van der Waals surface area (Å²) in [5, 5.41) is 7.88. The number of nitrogens with zero attached hydrogens (tertiary/aromatic N) is 2. The average Bonchev–Trinajstić information content (AvgIpc) is 2.70. The molecule has 2 aromatic carbocycles. The van der Waals surface area contributed by atoms with Crippen LogP contribution in [0.15, 0.2) is 59.7 Å². The molecule has 2 N–H and O–H groups in total. The van der Waals surface area contributed by atoms with Crippen LogP contribution < -0.4 is 15.4 Å². The van der Waals surface area contributed by atoms with Crippen LogP contribution in [-0.4, -0.2) is 24.6 Å². The number of guanidine groups is 1. The Morgan fingerprint density at radius 1 is 1.07 bits per heavy atom. The quantitative estimate of drug-likeness (QED) is 0.305. The summed E-state index contributed by atoms with van der Waals surface area (Å²) >= 11 is 0. The molecule has 6 heteroatoms. The van der Waals surface area contributed by atoms with Crippen molar-refractivity contribution in [3.63, 3.8) is 0 Å². The molecule has 3 rings (SSSR count). The van der Waals surface area contributed by atoms with Gasteiger partial charge >= 0.3 is 0 Å². The van der Waals surface area contributed by atoms with Crippen molar-refractivity contribution < 1.29 is 4.74 Å². The van der Waals surface area contributed by atoms with Gasteiger partial charge in [0.15, 0.2) is 5.96 Å². The number of ether oxygens (including phenoxy) is 1. The molecule has 0 aliphatic carbocycles. The predicted octanol–water partition coefficient (Wildman–Crippen LogP) is 4.43. The third-order valence-corrected chi connectivity index (χ3v) is 4.38. The number of methoxy groups -OCH3 is 1. The summed E-state index contributed by atoms with van der Waals surface area (Å²) < 4.78 is 5.48. The van der Waals surface area contributed by atoms with Crippen LogP contribution in [0.3, 0.4) is 0 Å². The Kier molecular flexibility index (Phi) is 8.50. The molecule has 3 aromatic rings. The van der Waals surface area contributed by atoms with E-state index in [0.717, 1.165) is 34.7 Å². The molecular formula is C22H27IN4O. The van der Waals surface area contributed by atoms with Crippen molar-refractivity contribution in [3.8, 4) is 5.75 Å². The Hall–Kier alpha value is -2.35. The van der Waals surface area contributed by atoms with Crippen molar-refractivity contribution in [3.05, 3.63) is 71.4 Å². The highest BCUT2D eigenvalue weighted by Gasteiger charge is 2.05. The van der Waals surface area contributed by atoms with Gasteiger partial charge < -0.3 is 15.4 Å². The molecule has 1 heterocycles. The average molecular weight is 490 g/mol. The zero-order valence-corrected chi connectivity index (χ0v) is 18.9. The molecule has 28 heavy (non-hydrogen) atoms. The van der Waals surface area contributed by atoms with E-state index in [9.17, 15) is 0 Å². The molecule has 1 aromatic heterocycles. The minimum atomic E-state index is 0. The van der Waals surface area contributed by atoms with Crippen molar-refractivity contribution in [1.82, 2.24) is 15.6 Å². The van der Waals surface area contributed by atoms with E-state index in [-0.39, 0.29) is 24.0 Å². The van der Waals surface area contributed by atoms with Gasteiger partial charge in [0.2, 0.25) is 0 Å². The summed E-state index contributed by atoms with van der Waals surface area (Å²) in [4.78, 5) is 9.14. The fraction of sp³-hybridized carbons (Fsp3) is 0.273. The SMILES string of the molecule is CCNC(=NCc1ccc(C)cc1OC)NCc1ccnc2ccccc12.I. The monoisotopic (exact) mass is 490 g/mol. The van der Waals surface area contributed by atoms with E-state index >= 15 is 0 Å². The number of benzene rings is 2. The lowest BCUT2D eigenvalue weighted by atomic mass is 10.1. The number of pyridine rings is 1. The van der Waals surface area contributed by atoms with Gasteiger partial charge in [0.1, 0.15) is 5.75 Å². The lowest BCUT2D eigenvalue weighted by molar-refractivity contribution is 0.409. The third-order valence-electron chi connectivity index (χ3n) is 4.38. The maximum atomic E-state index is 5.48. The van der Waals surface area contributed by atoms with Crippen LogP contribution in [0, 0.1) is 6.92 Å². The van der Waals surface area contributed by atoms with Crippen molar-refractivity contribution in [2.75, 3.05) is 13.7 Å². The molecule has 0 bridgehead atoms. The molecule has 148 valence electrons. The van der Waals surface area contributed by atoms with Crippen LogP contribution in [0.4, 0.5) is 0 Å². The van der Waals surface area contributed by atoms with Gasteiger partial charge in [0.05, 0.1) is 19.2 Å². The smallest absolute Gasteiger partial charge is 0.191 e. The Bertz CT molecular complexity index is 937. The Balaban J connectivity index is 0.00000280. The summed E-state index contributed by atoms with van der Waals surface area (Å²) in [6.07, 6.45) is 1.85. The van der Waals surface area contributed by atoms with Crippen molar-refractivity contribution >= 4 is 40.8 Å². The van der Waals surface area contributed by atoms with E-state index in [1.165, 1.54) is 11.1 Å². The maximum Gasteiger partial charge on any atom is 0.191 e. The van der Waals surface area contributed by atoms with Gasteiger partial charge in [0.25, 0.3) is 0 Å². The second-order valence-electron chi connectivity index (χ2n) is 6.35. The largest absolute Gasteiger partial charge is 0.496 e. The zero-order valence-electron chi connectivity index (χ0n) is 16.5. The number of aliphatic imine (C=N–C) groups is 1. The third kappa shape index (κ3) is 5.58. The van der Waals surface area contributed by atoms with E-state index in [1.807, 2.05) is 36.5 Å². The molecule has 0 radical (unpaired) electrons. The summed E-state index contributed by atoms with van der Waals surface area (Å²) in [6, 6.07) is 16.4. The molecule has 0 saturated carbocycles. The molecule has 0 unspecified atom stereocenters. The Morgan fingerprint density at radius 3 is 2.68 bits per heavy atom. The molecule has 0 spiro atoms. The number of para-hydroxylation sites is 1. The zero-order chi connectivity index (χ0) is 19.1. The molecule has 0 aliphatic rings. The first-order chi connectivity index (χ1) is 13.2.